The van der Waals surface area contributed by atoms with Crippen molar-refractivity contribution in [3.8, 4) is 0 Å². The average molecular weight is 383 g/mol. The monoisotopic (exact) mass is 383 g/mol. The lowest BCUT2D eigenvalue weighted by atomic mass is 10.1. The quantitative estimate of drug-likeness (QED) is 0.734. The minimum Gasteiger partial charge on any atom is -0.383 e. The lowest BCUT2D eigenvalue weighted by Crippen LogP contribution is -2.19. The third-order valence-electron chi connectivity index (χ3n) is 4.09. The highest BCUT2D eigenvalue weighted by Crippen LogP contribution is 2.22. The number of benzene rings is 2. The van der Waals surface area contributed by atoms with Crippen LogP contribution in [-0.2, 0) is 16.1 Å². The highest BCUT2D eigenvalue weighted by molar-refractivity contribution is 7.16. The highest BCUT2D eigenvalue weighted by atomic mass is 32.1. The fraction of sp³-hybridized carbons (Fsp3) is 0.250. The van der Waals surface area contributed by atoms with Crippen LogP contribution in [0.25, 0.3) is 10.2 Å². The summed E-state index contributed by atoms with van der Waals surface area (Å²) >= 11 is 1.41. The first-order valence-corrected chi connectivity index (χ1v) is 9.36. The van der Waals surface area contributed by atoms with Gasteiger partial charge in [-0.15, -0.1) is 0 Å². The molecule has 0 aliphatic rings. The van der Waals surface area contributed by atoms with Crippen LogP contribution in [0.1, 0.15) is 22.8 Å². The second-order valence-corrected chi connectivity index (χ2v) is 7.13. The molecule has 0 unspecified atom stereocenters. The first kappa shape index (κ1) is 19.0. The lowest BCUT2D eigenvalue weighted by Gasteiger charge is -2.06. The van der Waals surface area contributed by atoms with Crippen molar-refractivity contribution in [2.75, 3.05) is 19.0 Å². The number of anilines is 1. The Kier molecular flexibility index (Phi) is 5.83. The minimum atomic E-state index is -0.270. The molecule has 2 aromatic carbocycles. The van der Waals surface area contributed by atoms with Crippen LogP contribution >= 0.6 is 11.3 Å². The Labute approximate surface area is 161 Å². The molecule has 1 aromatic heterocycles. The molecule has 140 valence electrons. The predicted molar refractivity (Wildman–Crippen MR) is 107 cm³/mol. The largest absolute Gasteiger partial charge is 0.383 e. The van der Waals surface area contributed by atoms with Crippen LogP contribution in [-0.4, -0.2) is 30.1 Å². The Morgan fingerprint density at radius 1 is 1.22 bits per heavy atom. The van der Waals surface area contributed by atoms with Gasteiger partial charge in [-0.3, -0.25) is 9.59 Å². The maximum absolute atomic E-state index is 12.7. The number of hydrogen-bond acceptors (Lipinski definition) is 4. The first-order valence-electron chi connectivity index (χ1n) is 8.54. The van der Waals surface area contributed by atoms with Crippen LogP contribution in [0.3, 0.4) is 0 Å². The number of thiazole rings is 1. The van der Waals surface area contributed by atoms with Crippen LogP contribution in [0, 0.1) is 6.92 Å². The molecule has 0 aliphatic heterocycles. The maximum Gasteiger partial charge on any atom is 0.279 e. The van der Waals surface area contributed by atoms with E-state index >= 15 is 0 Å². The normalized spacial score (nSPS) is 11.7. The summed E-state index contributed by atoms with van der Waals surface area (Å²) in [6.45, 7) is 4.45. The SMILES string of the molecule is COCCn1c(=NC(=O)c2ccccc2C)sc2cc(NC(C)=O)ccc21. The molecule has 2 amide bonds. The van der Waals surface area contributed by atoms with Crippen molar-refractivity contribution < 1.29 is 14.3 Å². The van der Waals surface area contributed by atoms with Gasteiger partial charge in [0.2, 0.25) is 5.91 Å². The number of aryl methyl sites for hydroxylation is 1. The smallest absolute Gasteiger partial charge is 0.279 e. The van der Waals surface area contributed by atoms with Gasteiger partial charge in [0.25, 0.3) is 5.91 Å². The predicted octanol–water partition coefficient (Wildman–Crippen LogP) is 3.36. The van der Waals surface area contributed by atoms with E-state index in [2.05, 4.69) is 10.3 Å². The molecule has 3 rings (SSSR count). The third-order valence-corrected chi connectivity index (χ3v) is 5.14. The van der Waals surface area contributed by atoms with Crippen molar-refractivity contribution in [2.24, 2.45) is 4.99 Å². The van der Waals surface area contributed by atoms with E-state index in [-0.39, 0.29) is 11.8 Å². The van der Waals surface area contributed by atoms with Gasteiger partial charge in [0.05, 0.1) is 16.8 Å². The number of nitrogens with zero attached hydrogens (tertiary/aromatic N) is 2. The molecular weight excluding hydrogens is 362 g/mol. The van der Waals surface area contributed by atoms with E-state index in [9.17, 15) is 9.59 Å². The van der Waals surface area contributed by atoms with Crippen molar-refractivity contribution in [1.29, 1.82) is 0 Å². The van der Waals surface area contributed by atoms with Crippen LogP contribution in [0.2, 0.25) is 0 Å². The average Bonchev–Trinajstić information content (AvgIpc) is 2.95. The number of carbonyl (C=O) groups is 2. The van der Waals surface area contributed by atoms with Gasteiger partial charge in [-0.2, -0.15) is 4.99 Å². The van der Waals surface area contributed by atoms with Crippen LogP contribution in [0.15, 0.2) is 47.5 Å². The van der Waals surface area contributed by atoms with Gasteiger partial charge in [-0.1, -0.05) is 29.5 Å². The summed E-state index contributed by atoms with van der Waals surface area (Å²) in [6.07, 6.45) is 0. The summed E-state index contributed by atoms with van der Waals surface area (Å²) in [6, 6.07) is 13.1. The van der Waals surface area contributed by atoms with E-state index in [0.717, 1.165) is 15.8 Å². The molecule has 1 N–H and O–H groups in total. The van der Waals surface area contributed by atoms with Crippen molar-refractivity contribution in [3.05, 3.63) is 58.4 Å². The van der Waals surface area contributed by atoms with Gasteiger partial charge in [0, 0.05) is 31.8 Å². The van der Waals surface area contributed by atoms with Gasteiger partial charge in [0.1, 0.15) is 0 Å². The van der Waals surface area contributed by atoms with Crippen molar-refractivity contribution in [1.82, 2.24) is 4.57 Å². The zero-order chi connectivity index (χ0) is 19.4. The topological polar surface area (TPSA) is 72.7 Å². The number of nitrogens with one attached hydrogen (secondary N) is 1. The van der Waals surface area contributed by atoms with Crippen molar-refractivity contribution in [3.63, 3.8) is 0 Å². The number of aromatic nitrogens is 1. The second kappa shape index (κ2) is 8.28. The molecular formula is C20H21N3O3S. The summed E-state index contributed by atoms with van der Waals surface area (Å²) in [5.74, 6) is -0.397. The van der Waals surface area contributed by atoms with Gasteiger partial charge < -0.3 is 14.6 Å². The molecule has 0 fully saturated rings. The first-order chi connectivity index (χ1) is 13.0. The summed E-state index contributed by atoms with van der Waals surface area (Å²) in [7, 11) is 1.64. The van der Waals surface area contributed by atoms with Crippen molar-refractivity contribution >= 4 is 39.1 Å². The molecule has 27 heavy (non-hydrogen) atoms. The van der Waals surface area contributed by atoms with E-state index < -0.39 is 0 Å². The van der Waals surface area contributed by atoms with Gasteiger partial charge in [0.15, 0.2) is 4.80 Å². The number of rotatable bonds is 5. The molecule has 0 saturated carbocycles. The molecule has 0 radical (unpaired) electrons. The lowest BCUT2D eigenvalue weighted by molar-refractivity contribution is -0.114. The number of hydrogen-bond donors (Lipinski definition) is 1. The van der Waals surface area contributed by atoms with E-state index in [1.165, 1.54) is 18.3 Å². The molecule has 0 bridgehead atoms. The highest BCUT2D eigenvalue weighted by Gasteiger charge is 2.11. The summed E-state index contributed by atoms with van der Waals surface area (Å²) in [5.41, 5.74) is 3.14. The zero-order valence-electron chi connectivity index (χ0n) is 15.5. The number of carbonyl (C=O) groups excluding carboxylic acids is 2. The Morgan fingerprint density at radius 2 is 2.00 bits per heavy atom. The molecule has 0 spiro atoms. The molecule has 3 aromatic rings. The van der Waals surface area contributed by atoms with Gasteiger partial charge in [-0.25, -0.2) is 0 Å². The minimum absolute atomic E-state index is 0.127. The summed E-state index contributed by atoms with van der Waals surface area (Å²) in [4.78, 5) is 29.0. The van der Waals surface area contributed by atoms with Gasteiger partial charge >= 0.3 is 0 Å². The molecule has 1 heterocycles. The molecule has 0 aliphatic carbocycles. The molecule has 0 saturated heterocycles. The number of methoxy groups -OCH3 is 1. The fourth-order valence-electron chi connectivity index (χ4n) is 2.80. The number of ether oxygens (including phenoxy) is 1. The van der Waals surface area contributed by atoms with E-state index in [0.29, 0.717) is 29.2 Å². The standard InChI is InChI=1S/C20H21N3O3S/c1-13-6-4-5-7-16(13)19(25)22-20-23(10-11-26-3)17-9-8-15(21-14(2)24)12-18(17)27-20/h4-9,12H,10-11H2,1-3H3,(H,21,24). The zero-order valence-corrected chi connectivity index (χ0v) is 16.3. The summed E-state index contributed by atoms with van der Waals surface area (Å²) in [5, 5.41) is 2.78. The Balaban J connectivity index is 2.10. The Hall–Kier alpha value is -2.77. The Morgan fingerprint density at radius 3 is 2.70 bits per heavy atom. The van der Waals surface area contributed by atoms with Crippen LogP contribution in [0.5, 0.6) is 0 Å². The third kappa shape index (κ3) is 4.32. The number of fused-ring (bicyclic) bond motifs is 1. The maximum atomic E-state index is 12.7. The molecule has 7 heteroatoms. The van der Waals surface area contributed by atoms with Crippen LogP contribution < -0.4 is 10.1 Å². The van der Waals surface area contributed by atoms with Crippen LogP contribution in [0.4, 0.5) is 5.69 Å². The fourth-order valence-corrected chi connectivity index (χ4v) is 3.89. The molecule has 6 nitrogen and oxygen atoms in total. The number of amides is 2. The van der Waals surface area contributed by atoms with E-state index in [1.807, 2.05) is 47.9 Å². The second-order valence-electron chi connectivity index (χ2n) is 6.12. The van der Waals surface area contributed by atoms with E-state index in [1.54, 1.807) is 13.2 Å². The Bertz CT molecular complexity index is 1070. The molecule has 0 atom stereocenters. The van der Waals surface area contributed by atoms with Gasteiger partial charge in [-0.05, 0) is 36.8 Å². The summed E-state index contributed by atoms with van der Waals surface area (Å²) < 4.78 is 8.11. The van der Waals surface area contributed by atoms with Crippen molar-refractivity contribution in [2.45, 2.75) is 20.4 Å². The van der Waals surface area contributed by atoms with E-state index in [4.69, 9.17) is 4.74 Å².